The number of rotatable bonds is 6. The Hall–Kier alpha value is -2.25. The molecular weight excluding hydrogens is 334 g/mol. The van der Waals surface area contributed by atoms with Crippen molar-refractivity contribution in [2.75, 3.05) is 32.0 Å². The third-order valence-electron chi connectivity index (χ3n) is 3.78. The highest BCUT2D eigenvalue weighted by molar-refractivity contribution is 6.33. The quantitative estimate of drug-likeness (QED) is 0.791. The SMILES string of the molecule is COCCN(Cc1ccc2c(c1)OCO2)c1cnn(C)c(=O)c1Cl. The molecule has 0 radical (unpaired) electrons. The van der Waals surface area contributed by atoms with Crippen molar-refractivity contribution in [2.24, 2.45) is 7.05 Å². The van der Waals surface area contributed by atoms with Gasteiger partial charge in [-0.3, -0.25) is 4.79 Å². The van der Waals surface area contributed by atoms with Gasteiger partial charge < -0.3 is 19.1 Å². The molecule has 0 atom stereocenters. The summed E-state index contributed by atoms with van der Waals surface area (Å²) in [6, 6.07) is 5.75. The number of anilines is 1. The summed E-state index contributed by atoms with van der Waals surface area (Å²) in [5.41, 5.74) is 1.25. The molecule has 128 valence electrons. The molecule has 2 heterocycles. The average molecular weight is 352 g/mol. The Morgan fingerprint density at radius 1 is 1.38 bits per heavy atom. The van der Waals surface area contributed by atoms with Crippen LogP contribution in [0.4, 0.5) is 5.69 Å². The smallest absolute Gasteiger partial charge is 0.287 e. The summed E-state index contributed by atoms with van der Waals surface area (Å²) in [5, 5.41) is 4.20. The first kappa shape index (κ1) is 16.6. The predicted octanol–water partition coefficient (Wildman–Crippen LogP) is 1.82. The highest BCUT2D eigenvalue weighted by atomic mass is 35.5. The summed E-state index contributed by atoms with van der Waals surface area (Å²) in [6.45, 7) is 1.83. The lowest BCUT2D eigenvalue weighted by Gasteiger charge is -2.25. The van der Waals surface area contributed by atoms with Crippen LogP contribution in [0.2, 0.25) is 5.02 Å². The molecule has 0 fully saturated rings. The number of ether oxygens (including phenoxy) is 3. The van der Waals surface area contributed by atoms with Gasteiger partial charge in [0.2, 0.25) is 6.79 Å². The second-order valence-corrected chi connectivity index (χ2v) is 5.75. The van der Waals surface area contributed by atoms with Crippen molar-refractivity contribution >= 4 is 17.3 Å². The van der Waals surface area contributed by atoms with Crippen molar-refractivity contribution in [2.45, 2.75) is 6.54 Å². The van der Waals surface area contributed by atoms with Crippen LogP contribution in [0.25, 0.3) is 0 Å². The highest BCUT2D eigenvalue weighted by Crippen LogP contribution is 2.33. The molecule has 1 aliphatic heterocycles. The van der Waals surface area contributed by atoms with Gasteiger partial charge in [-0.2, -0.15) is 5.10 Å². The van der Waals surface area contributed by atoms with Gasteiger partial charge in [0, 0.05) is 27.2 Å². The fourth-order valence-electron chi connectivity index (χ4n) is 2.47. The van der Waals surface area contributed by atoms with Crippen molar-refractivity contribution in [3.8, 4) is 11.5 Å². The lowest BCUT2D eigenvalue weighted by atomic mass is 10.2. The topological polar surface area (TPSA) is 65.8 Å². The van der Waals surface area contributed by atoms with Gasteiger partial charge in [0.1, 0.15) is 5.02 Å². The van der Waals surface area contributed by atoms with Crippen LogP contribution >= 0.6 is 11.6 Å². The highest BCUT2D eigenvalue weighted by Gasteiger charge is 2.18. The van der Waals surface area contributed by atoms with Gasteiger partial charge in [-0.25, -0.2) is 4.68 Å². The Morgan fingerprint density at radius 2 is 2.17 bits per heavy atom. The molecule has 0 unspecified atom stereocenters. The molecule has 0 N–H and O–H groups in total. The summed E-state index contributed by atoms with van der Waals surface area (Å²) >= 11 is 6.23. The van der Waals surface area contributed by atoms with Crippen LogP contribution in [-0.4, -0.2) is 36.8 Å². The molecule has 7 nitrogen and oxygen atoms in total. The number of aryl methyl sites for hydroxylation is 1. The van der Waals surface area contributed by atoms with Crippen molar-refractivity contribution < 1.29 is 14.2 Å². The van der Waals surface area contributed by atoms with E-state index >= 15 is 0 Å². The van der Waals surface area contributed by atoms with E-state index in [0.29, 0.717) is 31.1 Å². The van der Waals surface area contributed by atoms with Gasteiger partial charge in [-0.15, -0.1) is 0 Å². The number of benzene rings is 1. The number of hydrogen-bond donors (Lipinski definition) is 0. The maximum atomic E-state index is 12.0. The van der Waals surface area contributed by atoms with Crippen LogP contribution in [0.3, 0.4) is 0 Å². The van der Waals surface area contributed by atoms with Crippen LogP contribution in [0, 0.1) is 0 Å². The Bertz CT molecular complexity index is 793. The van der Waals surface area contributed by atoms with Crippen molar-refractivity contribution in [1.82, 2.24) is 9.78 Å². The van der Waals surface area contributed by atoms with Crippen molar-refractivity contribution in [3.05, 3.63) is 45.3 Å². The summed E-state index contributed by atoms with van der Waals surface area (Å²) in [4.78, 5) is 14.0. The third-order valence-corrected chi connectivity index (χ3v) is 4.13. The second-order valence-electron chi connectivity index (χ2n) is 5.37. The van der Waals surface area contributed by atoms with Gasteiger partial charge in [0.15, 0.2) is 11.5 Å². The van der Waals surface area contributed by atoms with E-state index in [1.165, 1.54) is 4.68 Å². The van der Waals surface area contributed by atoms with Crippen LogP contribution < -0.4 is 19.9 Å². The predicted molar refractivity (Wildman–Crippen MR) is 90.0 cm³/mol. The zero-order chi connectivity index (χ0) is 17.1. The molecular formula is C16H18ClN3O4. The zero-order valence-electron chi connectivity index (χ0n) is 13.5. The molecule has 0 bridgehead atoms. The minimum Gasteiger partial charge on any atom is -0.454 e. The first-order valence-corrected chi connectivity index (χ1v) is 7.82. The fourth-order valence-corrected chi connectivity index (χ4v) is 2.76. The Balaban J connectivity index is 1.89. The van der Waals surface area contributed by atoms with Gasteiger partial charge in [-0.1, -0.05) is 17.7 Å². The largest absolute Gasteiger partial charge is 0.454 e. The van der Waals surface area contributed by atoms with Gasteiger partial charge in [0.05, 0.1) is 18.5 Å². The molecule has 2 aromatic rings. The fraction of sp³-hybridized carbons (Fsp3) is 0.375. The minimum absolute atomic E-state index is 0.143. The Labute approximate surface area is 144 Å². The van der Waals surface area contributed by atoms with Gasteiger partial charge in [0.25, 0.3) is 5.56 Å². The zero-order valence-corrected chi connectivity index (χ0v) is 14.2. The molecule has 0 aliphatic carbocycles. The van der Waals surface area contributed by atoms with Crippen molar-refractivity contribution in [1.29, 1.82) is 0 Å². The lowest BCUT2D eigenvalue weighted by Crippen LogP contribution is -2.30. The van der Waals surface area contributed by atoms with Crippen molar-refractivity contribution in [3.63, 3.8) is 0 Å². The number of nitrogens with zero attached hydrogens (tertiary/aromatic N) is 3. The lowest BCUT2D eigenvalue weighted by molar-refractivity contribution is 0.174. The summed E-state index contributed by atoms with van der Waals surface area (Å²) in [7, 11) is 3.19. The minimum atomic E-state index is -0.331. The molecule has 1 aromatic heterocycles. The number of halogens is 1. The van der Waals surface area contributed by atoms with E-state index in [1.807, 2.05) is 23.1 Å². The number of fused-ring (bicyclic) bond motifs is 1. The summed E-state index contributed by atoms with van der Waals surface area (Å²) in [5.74, 6) is 1.45. The van der Waals surface area contributed by atoms with E-state index in [2.05, 4.69) is 5.10 Å². The van der Waals surface area contributed by atoms with E-state index in [1.54, 1.807) is 20.4 Å². The molecule has 0 saturated heterocycles. The normalized spacial score (nSPS) is 12.5. The van der Waals surface area contributed by atoms with Crippen LogP contribution in [-0.2, 0) is 18.3 Å². The molecule has 1 aliphatic rings. The first-order valence-electron chi connectivity index (χ1n) is 7.44. The van der Waals surface area contributed by atoms with Gasteiger partial charge >= 0.3 is 0 Å². The Kier molecular flexibility index (Phi) is 4.92. The van der Waals surface area contributed by atoms with E-state index in [-0.39, 0.29) is 17.4 Å². The van der Waals surface area contributed by atoms with Crippen LogP contribution in [0.15, 0.2) is 29.2 Å². The maximum absolute atomic E-state index is 12.0. The standard InChI is InChI=1S/C16H18ClN3O4/c1-19-16(21)15(17)12(8-18-19)20(5-6-22-2)9-11-3-4-13-14(7-11)24-10-23-13/h3-4,7-8H,5-6,9-10H2,1-2H3. The molecule has 3 rings (SSSR count). The van der Waals surface area contributed by atoms with Crippen LogP contribution in [0.1, 0.15) is 5.56 Å². The molecule has 24 heavy (non-hydrogen) atoms. The number of aromatic nitrogens is 2. The summed E-state index contributed by atoms with van der Waals surface area (Å²) in [6.07, 6.45) is 1.59. The Morgan fingerprint density at radius 3 is 2.96 bits per heavy atom. The average Bonchev–Trinajstić information content (AvgIpc) is 3.04. The molecule has 0 amide bonds. The molecule has 8 heteroatoms. The monoisotopic (exact) mass is 351 g/mol. The molecule has 1 aromatic carbocycles. The van der Waals surface area contributed by atoms with E-state index in [0.717, 1.165) is 11.3 Å². The second kappa shape index (κ2) is 7.11. The molecule has 0 saturated carbocycles. The van der Waals surface area contributed by atoms with Gasteiger partial charge in [-0.05, 0) is 17.7 Å². The number of methoxy groups -OCH3 is 1. The van der Waals surface area contributed by atoms with E-state index < -0.39 is 0 Å². The number of hydrogen-bond acceptors (Lipinski definition) is 6. The van der Waals surface area contributed by atoms with E-state index in [4.69, 9.17) is 25.8 Å². The molecule has 0 spiro atoms. The van der Waals surface area contributed by atoms with Crippen LogP contribution in [0.5, 0.6) is 11.5 Å². The maximum Gasteiger partial charge on any atom is 0.287 e. The van der Waals surface area contributed by atoms with E-state index in [9.17, 15) is 4.79 Å². The summed E-state index contributed by atoms with van der Waals surface area (Å²) < 4.78 is 17.1. The first-order chi connectivity index (χ1) is 11.6. The third kappa shape index (κ3) is 3.32.